The molecule has 1 heterocycles. The first-order chi connectivity index (χ1) is 14.2. The molecule has 1 aliphatic rings. The van der Waals surface area contributed by atoms with Crippen LogP contribution in [-0.4, -0.2) is 50.6 Å². The number of nitrogens with zero attached hydrogens (tertiary/aromatic N) is 1. The summed E-state index contributed by atoms with van der Waals surface area (Å²) in [6, 6.07) is 7.99. The van der Waals surface area contributed by atoms with E-state index in [1.165, 1.54) is 0 Å². The first-order valence-corrected chi connectivity index (χ1v) is 14.8. The van der Waals surface area contributed by atoms with Crippen LogP contribution < -0.4 is 10.1 Å². The normalized spacial score (nSPS) is 18.2. The average Bonchev–Trinajstić information content (AvgIpc) is 3.12. The number of thioether (sulfide) groups is 1. The van der Waals surface area contributed by atoms with Crippen LogP contribution in [0.25, 0.3) is 0 Å². The third-order valence-corrected chi connectivity index (χ3v) is 10.6. The summed E-state index contributed by atoms with van der Waals surface area (Å²) in [5.41, 5.74) is 0.546. The number of aliphatic imine (C=N–C) groups is 1. The van der Waals surface area contributed by atoms with Crippen molar-refractivity contribution in [3.05, 3.63) is 29.8 Å². The standard InChI is InChI=1S/C23H38N2O4SSi/c1-22(2,3)28-20(26)19(29-31(8,9)23(4,5)6)15-27-17-12-10-16(11-13-17)18-14-24-21(25-18)30-7/h10-13,18-19H,14-15H2,1-9H3,(H,24,25). The summed E-state index contributed by atoms with van der Waals surface area (Å²) in [6.45, 7) is 17.2. The maximum atomic E-state index is 12.8. The summed E-state index contributed by atoms with van der Waals surface area (Å²) in [5, 5.41) is 4.23. The van der Waals surface area contributed by atoms with Gasteiger partial charge in [-0.2, -0.15) is 0 Å². The van der Waals surface area contributed by atoms with Gasteiger partial charge in [-0.15, -0.1) is 0 Å². The van der Waals surface area contributed by atoms with E-state index in [0.717, 1.165) is 17.3 Å². The van der Waals surface area contributed by atoms with E-state index < -0.39 is 20.0 Å². The molecule has 1 aliphatic heterocycles. The van der Waals surface area contributed by atoms with Crippen molar-refractivity contribution in [3.63, 3.8) is 0 Å². The Bertz CT molecular complexity index is 782. The molecule has 1 N–H and O–H groups in total. The number of benzene rings is 1. The fourth-order valence-corrected chi connectivity index (χ4v) is 4.43. The molecule has 0 saturated carbocycles. The lowest BCUT2D eigenvalue weighted by Gasteiger charge is -2.39. The van der Waals surface area contributed by atoms with E-state index >= 15 is 0 Å². The molecule has 0 saturated heterocycles. The summed E-state index contributed by atoms with van der Waals surface area (Å²) in [6.07, 6.45) is 1.24. The minimum Gasteiger partial charge on any atom is -0.490 e. The molecule has 2 atom stereocenters. The highest BCUT2D eigenvalue weighted by Gasteiger charge is 2.42. The van der Waals surface area contributed by atoms with E-state index in [4.69, 9.17) is 13.9 Å². The fraction of sp³-hybridized carbons (Fsp3) is 0.652. The zero-order chi connectivity index (χ0) is 23.4. The molecule has 0 aliphatic carbocycles. The first kappa shape index (κ1) is 25.7. The fourth-order valence-electron chi connectivity index (χ4n) is 2.74. The molecule has 31 heavy (non-hydrogen) atoms. The summed E-state index contributed by atoms with van der Waals surface area (Å²) < 4.78 is 17.9. The van der Waals surface area contributed by atoms with Gasteiger partial charge in [0.05, 0.1) is 6.04 Å². The Morgan fingerprint density at radius 1 is 1.19 bits per heavy atom. The highest BCUT2D eigenvalue weighted by molar-refractivity contribution is 8.13. The van der Waals surface area contributed by atoms with Crippen molar-refractivity contribution in [2.75, 3.05) is 19.4 Å². The average molecular weight is 467 g/mol. The molecule has 0 bridgehead atoms. The molecule has 0 spiro atoms. The van der Waals surface area contributed by atoms with Crippen LogP contribution in [0.2, 0.25) is 18.1 Å². The Hall–Kier alpha value is -1.51. The molecule has 2 rings (SSSR count). The first-order valence-electron chi connectivity index (χ1n) is 10.7. The van der Waals surface area contributed by atoms with E-state index in [1.54, 1.807) is 11.8 Å². The third kappa shape index (κ3) is 7.54. The molecule has 6 nitrogen and oxygen atoms in total. The van der Waals surface area contributed by atoms with Gasteiger partial charge in [0.1, 0.15) is 18.0 Å². The Kier molecular flexibility index (Phi) is 8.27. The zero-order valence-corrected chi connectivity index (χ0v) is 22.2. The third-order valence-electron chi connectivity index (χ3n) is 5.49. The van der Waals surface area contributed by atoms with Crippen molar-refractivity contribution in [1.82, 2.24) is 5.32 Å². The number of amidine groups is 1. The monoisotopic (exact) mass is 466 g/mol. The van der Waals surface area contributed by atoms with Crippen LogP contribution in [0, 0.1) is 0 Å². The van der Waals surface area contributed by atoms with Gasteiger partial charge >= 0.3 is 5.97 Å². The van der Waals surface area contributed by atoms with Crippen molar-refractivity contribution < 1.29 is 18.7 Å². The smallest absolute Gasteiger partial charge is 0.338 e. The number of rotatable bonds is 7. The van der Waals surface area contributed by atoms with E-state index in [9.17, 15) is 4.79 Å². The summed E-state index contributed by atoms with van der Waals surface area (Å²) in [7, 11) is -2.19. The highest BCUT2D eigenvalue weighted by atomic mass is 32.2. The van der Waals surface area contributed by atoms with Crippen LogP contribution in [0.4, 0.5) is 0 Å². The van der Waals surface area contributed by atoms with Crippen LogP contribution in [0.3, 0.4) is 0 Å². The van der Waals surface area contributed by atoms with Crippen molar-refractivity contribution >= 4 is 31.2 Å². The molecule has 1 aromatic carbocycles. The molecular weight excluding hydrogens is 428 g/mol. The number of ether oxygens (including phenoxy) is 2. The summed E-state index contributed by atoms with van der Waals surface area (Å²) in [5.74, 6) is 0.307. The van der Waals surface area contributed by atoms with E-state index in [1.807, 2.05) is 51.3 Å². The minimum atomic E-state index is -2.19. The molecular formula is C23H38N2O4SSi. The number of hydrogen-bond acceptors (Lipinski definition) is 7. The second-order valence-corrected chi connectivity index (χ2v) is 15.9. The van der Waals surface area contributed by atoms with Gasteiger partial charge in [0.15, 0.2) is 19.6 Å². The Labute approximate surface area is 192 Å². The zero-order valence-electron chi connectivity index (χ0n) is 20.4. The van der Waals surface area contributed by atoms with Gasteiger partial charge in [0, 0.05) is 6.54 Å². The second kappa shape index (κ2) is 9.96. The lowest BCUT2D eigenvalue weighted by atomic mass is 10.1. The highest BCUT2D eigenvalue weighted by Crippen LogP contribution is 2.37. The number of carbonyl (C=O) groups excluding carboxylic acids is 1. The molecule has 174 valence electrons. The topological polar surface area (TPSA) is 69.2 Å². The maximum Gasteiger partial charge on any atom is 0.338 e. The van der Waals surface area contributed by atoms with Gasteiger partial charge in [-0.25, -0.2) is 4.79 Å². The Morgan fingerprint density at radius 2 is 1.81 bits per heavy atom. The van der Waals surface area contributed by atoms with Crippen LogP contribution in [0.5, 0.6) is 5.75 Å². The van der Waals surface area contributed by atoms with Gasteiger partial charge in [0.25, 0.3) is 0 Å². The minimum absolute atomic E-state index is 0.0274. The second-order valence-electron chi connectivity index (χ2n) is 10.3. The largest absolute Gasteiger partial charge is 0.490 e. The van der Waals surface area contributed by atoms with Crippen molar-refractivity contribution in [2.24, 2.45) is 4.99 Å². The van der Waals surface area contributed by atoms with Crippen molar-refractivity contribution in [2.45, 2.75) is 77.4 Å². The van der Waals surface area contributed by atoms with E-state index in [2.05, 4.69) is 44.2 Å². The van der Waals surface area contributed by atoms with Gasteiger partial charge in [0.2, 0.25) is 0 Å². The molecule has 0 amide bonds. The number of nitrogens with one attached hydrogen (secondary N) is 1. The van der Waals surface area contributed by atoms with Crippen molar-refractivity contribution in [3.8, 4) is 5.75 Å². The van der Waals surface area contributed by atoms with Crippen LogP contribution in [0.15, 0.2) is 29.3 Å². The van der Waals surface area contributed by atoms with Crippen molar-refractivity contribution in [1.29, 1.82) is 0 Å². The quantitative estimate of drug-likeness (QED) is 0.442. The number of carbonyl (C=O) groups is 1. The van der Waals surface area contributed by atoms with Gasteiger partial charge in [-0.3, -0.25) is 4.99 Å². The molecule has 8 heteroatoms. The van der Waals surface area contributed by atoms with Crippen LogP contribution in [0.1, 0.15) is 53.1 Å². The Morgan fingerprint density at radius 3 is 2.29 bits per heavy atom. The van der Waals surface area contributed by atoms with E-state index in [-0.39, 0.29) is 23.7 Å². The van der Waals surface area contributed by atoms with Crippen LogP contribution in [-0.2, 0) is 14.0 Å². The molecule has 2 unspecified atom stereocenters. The lowest BCUT2D eigenvalue weighted by molar-refractivity contribution is -0.165. The molecule has 0 fully saturated rings. The molecule has 1 aromatic rings. The molecule has 0 radical (unpaired) electrons. The van der Waals surface area contributed by atoms with Gasteiger partial charge in [-0.05, 0) is 62.9 Å². The SMILES string of the molecule is CSC1=NC(c2ccc(OCC(O[Si](C)(C)C(C)(C)C)C(=O)OC(C)(C)C)cc2)CN1. The predicted octanol–water partition coefficient (Wildman–Crippen LogP) is 5.16. The summed E-state index contributed by atoms with van der Waals surface area (Å²) in [4.78, 5) is 17.5. The number of esters is 1. The maximum absolute atomic E-state index is 12.8. The summed E-state index contributed by atoms with van der Waals surface area (Å²) >= 11 is 1.62. The lowest BCUT2D eigenvalue weighted by Crippen LogP contribution is -2.49. The molecule has 0 aromatic heterocycles. The van der Waals surface area contributed by atoms with Crippen LogP contribution >= 0.6 is 11.8 Å². The van der Waals surface area contributed by atoms with Gasteiger partial charge < -0.3 is 19.2 Å². The predicted molar refractivity (Wildman–Crippen MR) is 132 cm³/mol. The van der Waals surface area contributed by atoms with Gasteiger partial charge in [-0.1, -0.05) is 44.7 Å². The number of hydrogen-bond donors (Lipinski definition) is 1. The van der Waals surface area contributed by atoms with E-state index in [0.29, 0.717) is 5.75 Å². The Balaban J connectivity index is 2.08.